The van der Waals surface area contributed by atoms with E-state index in [0.29, 0.717) is 28.8 Å². The van der Waals surface area contributed by atoms with Gasteiger partial charge in [0.2, 0.25) is 5.95 Å². The Kier molecular flexibility index (Phi) is 5.61. The highest BCUT2D eigenvalue weighted by atomic mass is 16.2. The molecule has 0 bridgehead atoms. The molecule has 0 aliphatic rings. The molecule has 0 unspecified atom stereocenters. The summed E-state index contributed by atoms with van der Waals surface area (Å²) >= 11 is 0. The van der Waals surface area contributed by atoms with Crippen LogP contribution in [-0.2, 0) is 6.54 Å². The van der Waals surface area contributed by atoms with Gasteiger partial charge in [0.1, 0.15) is 5.69 Å². The lowest BCUT2D eigenvalue weighted by Crippen LogP contribution is -2.35. The first-order valence-electron chi connectivity index (χ1n) is 10.9. The fourth-order valence-corrected chi connectivity index (χ4v) is 3.79. The number of benzene rings is 3. The van der Waals surface area contributed by atoms with Gasteiger partial charge in [-0.25, -0.2) is 9.67 Å². The number of anilines is 1. The Morgan fingerprint density at radius 3 is 2.32 bits per heavy atom. The zero-order valence-corrected chi connectivity index (χ0v) is 18.5. The molecule has 1 amide bonds. The lowest BCUT2D eigenvalue weighted by molar-refractivity contribution is 0.0954. The number of aromatic nitrogens is 4. The molecule has 8 nitrogen and oxygen atoms in total. The summed E-state index contributed by atoms with van der Waals surface area (Å²) in [5, 5.41) is 5.20. The summed E-state index contributed by atoms with van der Waals surface area (Å²) < 4.78 is 3.08. The number of amides is 1. The molecule has 0 saturated heterocycles. The van der Waals surface area contributed by atoms with Crippen LogP contribution in [-0.4, -0.2) is 25.2 Å². The minimum atomic E-state index is -0.413. The molecule has 0 aliphatic heterocycles. The number of rotatable bonds is 6. The maximum atomic E-state index is 13.3. The third-order valence-corrected chi connectivity index (χ3v) is 5.48. The van der Waals surface area contributed by atoms with Crippen molar-refractivity contribution in [1.29, 1.82) is 0 Å². The molecule has 0 saturated carbocycles. The van der Waals surface area contributed by atoms with Crippen molar-refractivity contribution in [1.82, 2.24) is 24.8 Å². The lowest BCUT2D eigenvalue weighted by atomic mass is 10.1. The van der Waals surface area contributed by atoms with E-state index in [2.05, 4.69) is 20.9 Å². The molecule has 168 valence electrons. The summed E-state index contributed by atoms with van der Waals surface area (Å²) in [6.07, 6.45) is 0. The number of fused-ring (bicyclic) bond motifs is 1. The monoisotopic (exact) mass is 450 g/mol. The van der Waals surface area contributed by atoms with E-state index in [1.54, 1.807) is 28.9 Å². The smallest absolute Gasteiger partial charge is 0.277 e. The zero-order valence-electron chi connectivity index (χ0n) is 18.5. The highest BCUT2D eigenvalue weighted by Gasteiger charge is 2.18. The largest absolute Gasteiger partial charge is 0.288 e. The van der Waals surface area contributed by atoms with Crippen molar-refractivity contribution < 1.29 is 4.79 Å². The quantitative estimate of drug-likeness (QED) is 0.381. The topological polar surface area (TPSA) is 93.8 Å². The molecule has 0 fully saturated rings. The Morgan fingerprint density at radius 2 is 1.59 bits per heavy atom. The molecule has 2 aromatic heterocycles. The Balaban J connectivity index is 1.50. The Hall–Kier alpha value is -4.72. The van der Waals surface area contributed by atoms with Crippen molar-refractivity contribution in [3.63, 3.8) is 0 Å². The van der Waals surface area contributed by atoms with Crippen LogP contribution in [0.4, 0.5) is 5.95 Å². The van der Waals surface area contributed by atoms with Gasteiger partial charge in [-0.15, -0.1) is 0 Å². The molecule has 0 aliphatic carbocycles. The van der Waals surface area contributed by atoms with Crippen molar-refractivity contribution in [3.8, 4) is 16.9 Å². The number of carbonyl (C=O) groups excluding carboxylic acids is 1. The first-order chi connectivity index (χ1) is 16.7. The SMILES string of the molecule is CCn1c(NNC(=O)c2cc(-c3ccccc3)nn2-c2ccccc2)nc2ccccc2c1=O. The van der Waals surface area contributed by atoms with Crippen LogP contribution in [0.5, 0.6) is 0 Å². The summed E-state index contributed by atoms with van der Waals surface area (Å²) in [6.45, 7) is 2.25. The average molecular weight is 451 g/mol. The van der Waals surface area contributed by atoms with Gasteiger partial charge < -0.3 is 0 Å². The fourth-order valence-electron chi connectivity index (χ4n) is 3.79. The molecule has 0 atom stereocenters. The minimum absolute atomic E-state index is 0.175. The second-order valence-electron chi connectivity index (χ2n) is 7.61. The molecule has 5 rings (SSSR count). The second-order valence-corrected chi connectivity index (χ2v) is 7.61. The minimum Gasteiger partial charge on any atom is -0.277 e. The van der Waals surface area contributed by atoms with Gasteiger partial charge in [0.05, 0.1) is 22.3 Å². The van der Waals surface area contributed by atoms with Crippen molar-refractivity contribution in [3.05, 3.63) is 107 Å². The van der Waals surface area contributed by atoms with Crippen LogP contribution in [0.1, 0.15) is 17.4 Å². The number of nitrogens with zero attached hydrogens (tertiary/aromatic N) is 4. The molecule has 0 radical (unpaired) electrons. The Labute approximate surface area is 195 Å². The molecule has 3 aromatic carbocycles. The summed E-state index contributed by atoms with van der Waals surface area (Å²) in [6, 6.07) is 28.0. The van der Waals surface area contributed by atoms with Crippen molar-refractivity contribution in [2.45, 2.75) is 13.5 Å². The maximum absolute atomic E-state index is 13.3. The highest BCUT2D eigenvalue weighted by molar-refractivity contribution is 5.95. The number of hydrogen-bond acceptors (Lipinski definition) is 5. The van der Waals surface area contributed by atoms with E-state index in [1.165, 1.54) is 4.57 Å². The van der Waals surface area contributed by atoms with E-state index >= 15 is 0 Å². The normalized spacial score (nSPS) is 10.9. The van der Waals surface area contributed by atoms with Gasteiger partial charge in [-0.1, -0.05) is 60.7 Å². The number of carbonyl (C=O) groups is 1. The van der Waals surface area contributed by atoms with Crippen molar-refractivity contribution in [2.24, 2.45) is 0 Å². The van der Waals surface area contributed by atoms with Gasteiger partial charge in [-0.3, -0.25) is 25.0 Å². The first-order valence-corrected chi connectivity index (χ1v) is 10.9. The van der Waals surface area contributed by atoms with Crippen molar-refractivity contribution >= 4 is 22.8 Å². The number of hydrogen-bond donors (Lipinski definition) is 2. The van der Waals surface area contributed by atoms with Crippen LogP contribution >= 0.6 is 0 Å². The van der Waals surface area contributed by atoms with E-state index in [4.69, 9.17) is 0 Å². The van der Waals surface area contributed by atoms with Gasteiger partial charge in [0.15, 0.2) is 0 Å². The van der Waals surface area contributed by atoms with E-state index in [0.717, 1.165) is 11.3 Å². The molecule has 2 heterocycles. The average Bonchev–Trinajstić information content (AvgIpc) is 3.34. The van der Waals surface area contributed by atoms with E-state index in [1.807, 2.05) is 73.7 Å². The predicted octanol–water partition coefficient (Wildman–Crippen LogP) is 4.03. The van der Waals surface area contributed by atoms with Gasteiger partial charge in [0, 0.05) is 12.1 Å². The summed E-state index contributed by atoms with van der Waals surface area (Å²) in [7, 11) is 0. The van der Waals surface area contributed by atoms with E-state index in [9.17, 15) is 9.59 Å². The standard InChI is InChI=1S/C26H22N6O2/c1-2-31-25(34)20-15-9-10-16-21(20)27-26(31)29-28-24(33)23-17-22(18-11-5-3-6-12-18)30-32(23)19-13-7-4-8-14-19/h3-17H,2H2,1H3,(H,27,29)(H,28,33). The third-order valence-electron chi connectivity index (χ3n) is 5.48. The molecular weight excluding hydrogens is 428 g/mol. The van der Waals surface area contributed by atoms with Gasteiger partial charge in [-0.2, -0.15) is 5.10 Å². The first kappa shape index (κ1) is 21.1. The second kappa shape index (κ2) is 9.03. The summed E-state index contributed by atoms with van der Waals surface area (Å²) in [5.74, 6) is -0.155. The van der Waals surface area contributed by atoms with Crippen LogP contribution in [0.2, 0.25) is 0 Å². The fraction of sp³-hybridized carbons (Fsp3) is 0.0769. The zero-order chi connectivity index (χ0) is 23.5. The van der Waals surface area contributed by atoms with Crippen LogP contribution < -0.4 is 16.4 Å². The molecule has 34 heavy (non-hydrogen) atoms. The number of para-hydroxylation sites is 2. The molecular formula is C26H22N6O2. The van der Waals surface area contributed by atoms with Crippen molar-refractivity contribution in [2.75, 3.05) is 5.43 Å². The highest BCUT2D eigenvalue weighted by Crippen LogP contribution is 2.21. The van der Waals surface area contributed by atoms with E-state index in [-0.39, 0.29) is 11.5 Å². The molecule has 5 aromatic rings. The Bertz CT molecular complexity index is 1520. The van der Waals surface area contributed by atoms with Crippen LogP contribution in [0.3, 0.4) is 0 Å². The number of nitrogens with one attached hydrogen (secondary N) is 2. The van der Waals surface area contributed by atoms with Crippen LogP contribution in [0, 0.1) is 0 Å². The van der Waals surface area contributed by atoms with Gasteiger partial charge in [-0.05, 0) is 37.3 Å². The maximum Gasteiger partial charge on any atom is 0.288 e. The van der Waals surface area contributed by atoms with Crippen LogP contribution in [0.25, 0.3) is 27.8 Å². The van der Waals surface area contributed by atoms with E-state index < -0.39 is 5.91 Å². The predicted molar refractivity (Wildman–Crippen MR) is 132 cm³/mol. The molecule has 8 heteroatoms. The van der Waals surface area contributed by atoms with Gasteiger partial charge in [0.25, 0.3) is 11.5 Å². The van der Waals surface area contributed by atoms with Gasteiger partial charge >= 0.3 is 0 Å². The lowest BCUT2D eigenvalue weighted by Gasteiger charge is -2.14. The molecule has 2 N–H and O–H groups in total. The summed E-state index contributed by atoms with van der Waals surface area (Å²) in [4.78, 5) is 30.6. The third kappa shape index (κ3) is 3.93. The Morgan fingerprint density at radius 1 is 0.912 bits per heavy atom. The van der Waals surface area contributed by atoms with Crippen LogP contribution in [0.15, 0.2) is 95.8 Å². The number of hydrazine groups is 1. The summed E-state index contributed by atoms with van der Waals surface area (Å²) in [5.41, 5.74) is 8.55. The molecule has 0 spiro atoms.